The lowest BCUT2D eigenvalue weighted by Gasteiger charge is -2.36. The average molecular weight is 443 g/mol. The third-order valence-electron chi connectivity index (χ3n) is 5.19. The first-order chi connectivity index (χ1) is 14.5. The number of halogens is 1. The molecule has 1 atom stereocenters. The van der Waals surface area contributed by atoms with Gasteiger partial charge in [-0.1, -0.05) is 43.6 Å². The van der Waals surface area contributed by atoms with E-state index in [1.54, 1.807) is 74.0 Å². The number of ether oxygens (including phenoxy) is 1. The predicted molar refractivity (Wildman–Crippen MR) is 123 cm³/mol. The molecule has 7 heteroatoms. The van der Waals surface area contributed by atoms with Crippen LogP contribution in [-0.2, 0) is 15.1 Å². The Balaban J connectivity index is 2.17. The Morgan fingerprint density at radius 3 is 2.26 bits per heavy atom. The summed E-state index contributed by atoms with van der Waals surface area (Å²) < 4.78 is 7.11. The topological polar surface area (TPSA) is 80.6 Å². The Morgan fingerprint density at radius 1 is 1.06 bits per heavy atom. The van der Waals surface area contributed by atoms with Crippen LogP contribution in [0, 0.1) is 5.92 Å². The van der Waals surface area contributed by atoms with Gasteiger partial charge in [-0.05, 0) is 62.6 Å². The van der Waals surface area contributed by atoms with Crippen molar-refractivity contribution in [2.75, 3.05) is 5.32 Å². The van der Waals surface area contributed by atoms with Gasteiger partial charge in [0.05, 0.1) is 11.2 Å². The number of amides is 1. The highest BCUT2D eigenvalue weighted by molar-refractivity contribution is 6.30. The van der Waals surface area contributed by atoms with Gasteiger partial charge in [0.1, 0.15) is 5.60 Å². The van der Waals surface area contributed by atoms with Crippen LogP contribution < -0.4 is 5.32 Å². The normalized spacial score (nSPS) is 13.8. The summed E-state index contributed by atoms with van der Waals surface area (Å²) >= 11 is 6.05. The van der Waals surface area contributed by atoms with Gasteiger partial charge >= 0.3 is 12.1 Å². The summed E-state index contributed by atoms with van der Waals surface area (Å²) in [6, 6.07) is 14.0. The van der Waals surface area contributed by atoms with Crippen molar-refractivity contribution < 1.29 is 19.4 Å². The van der Waals surface area contributed by atoms with E-state index in [4.69, 9.17) is 16.3 Å². The second-order valence-corrected chi connectivity index (χ2v) is 9.22. The number of nitrogens with zero attached hydrogens (tertiary/aromatic N) is 1. The lowest BCUT2D eigenvalue weighted by atomic mass is 9.79. The quantitative estimate of drug-likeness (QED) is 0.498. The summed E-state index contributed by atoms with van der Waals surface area (Å²) in [5.41, 5.74) is -0.155. The zero-order chi connectivity index (χ0) is 23.0. The standard InChI is InChI=1S/C24H27ClN2O4/c1-15(2)24(21(28)29,16-9-11-17(25)12-10-16)27-14-13-18-19(7-6-8-20(18)27)26-22(30)31-23(3,4)5/h6-15H,1-5H3,(H,26,30)(H,28,29). The van der Waals surface area contributed by atoms with Crippen LogP contribution in [0.2, 0.25) is 5.02 Å². The average Bonchev–Trinajstić information content (AvgIpc) is 3.07. The number of carbonyl (C=O) groups is 2. The number of anilines is 1. The van der Waals surface area contributed by atoms with Crippen LogP contribution in [0.1, 0.15) is 40.2 Å². The van der Waals surface area contributed by atoms with Gasteiger partial charge in [0.2, 0.25) is 0 Å². The third-order valence-corrected chi connectivity index (χ3v) is 5.45. The van der Waals surface area contributed by atoms with E-state index in [0.29, 0.717) is 27.2 Å². The first-order valence-electron chi connectivity index (χ1n) is 10.1. The van der Waals surface area contributed by atoms with Gasteiger partial charge in [0.25, 0.3) is 0 Å². The molecule has 1 amide bonds. The highest BCUT2D eigenvalue weighted by Crippen LogP contribution is 2.39. The largest absolute Gasteiger partial charge is 0.479 e. The maximum atomic E-state index is 12.8. The molecule has 0 radical (unpaired) electrons. The van der Waals surface area contributed by atoms with Crippen molar-refractivity contribution in [2.45, 2.75) is 45.8 Å². The molecular weight excluding hydrogens is 416 g/mol. The molecule has 0 saturated heterocycles. The smallest absolute Gasteiger partial charge is 0.412 e. The van der Waals surface area contributed by atoms with Crippen molar-refractivity contribution in [3.05, 3.63) is 65.3 Å². The molecule has 1 unspecified atom stereocenters. The van der Waals surface area contributed by atoms with Crippen LogP contribution >= 0.6 is 11.6 Å². The molecule has 2 N–H and O–H groups in total. The second-order valence-electron chi connectivity index (χ2n) is 8.78. The number of hydrogen-bond donors (Lipinski definition) is 2. The Morgan fingerprint density at radius 2 is 1.71 bits per heavy atom. The highest BCUT2D eigenvalue weighted by Gasteiger charge is 2.46. The van der Waals surface area contributed by atoms with Gasteiger partial charge in [-0.3, -0.25) is 5.32 Å². The zero-order valence-corrected chi connectivity index (χ0v) is 19.0. The number of carbonyl (C=O) groups excluding carboxylic acids is 1. The van der Waals surface area contributed by atoms with Crippen LogP contribution in [-0.4, -0.2) is 27.3 Å². The van der Waals surface area contributed by atoms with Crippen molar-refractivity contribution in [2.24, 2.45) is 5.92 Å². The van der Waals surface area contributed by atoms with Crippen LogP contribution in [0.15, 0.2) is 54.7 Å². The molecule has 3 rings (SSSR count). The summed E-state index contributed by atoms with van der Waals surface area (Å²) in [4.78, 5) is 25.1. The molecule has 0 aliphatic heterocycles. The molecule has 0 aliphatic rings. The van der Waals surface area contributed by atoms with Crippen molar-refractivity contribution in [3.8, 4) is 0 Å². The SMILES string of the molecule is CC(C)C(C(=O)O)(c1ccc(Cl)cc1)n1ccc2c(NC(=O)OC(C)(C)C)cccc21. The Hall–Kier alpha value is -2.99. The first-order valence-corrected chi connectivity index (χ1v) is 10.4. The number of nitrogens with one attached hydrogen (secondary N) is 1. The molecule has 0 saturated carbocycles. The van der Waals surface area contributed by atoms with E-state index < -0.39 is 23.2 Å². The molecule has 31 heavy (non-hydrogen) atoms. The Labute approximate surface area is 186 Å². The van der Waals surface area contributed by atoms with Crippen molar-refractivity contribution in [3.63, 3.8) is 0 Å². The molecule has 2 aromatic carbocycles. The second kappa shape index (κ2) is 8.27. The minimum atomic E-state index is -1.36. The first kappa shape index (κ1) is 22.7. The van der Waals surface area contributed by atoms with Crippen molar-refractivity contribution in [1.82, 2.24) is 4.57 Å². The van der Waals surface area contributed by atoms with Gasteiger partial charge in [-0.25, -0.2) is 9.59 Å². The lowest BCUT2D eigenvalue weighted by molar-refractivity contribution is -0.147. The molecule has 0 spiro atoms. The van der Waals surface area contributed by atoms with Crippen LogP contribution in [0.25, 0.3) is 10.9 Å². The summed E-state index contributed by atoms with van der Waals surface area (Å²) in [5, 5.41) is 14.5. The van der Waals surface area contributed by atoms with E-state index in [2.05, 4.69) is 5.32 Å². The molecule has 6 nitrogen and oxygen atoms in total. The zero-order valence-electron chi connectivity index (χ0n) is 18.3. The third kappa shape index (κ3) is 4.26. The van der Waals surface area contributed by atoms with Gasteiger partial charge in [0, 0.05) is 16.6 Å². The minimum absolute atomic E-state index is 0.288. The Kier molecular flexibility index (Phi) is 6.05. The maximum absolute atomic E-state index is 12.8. The fraction of sp³-hybridized carbons (Fsp3) is 0.333. The molecule has 0 bridgehead atoms. The lowest BCUT2D eigenvalue weighted by Crippen LogP contribution is -2.47. The maximum Gasteiger partial charge on any atom is 0.412 e. The van der Waals surface area contributed by atoms with Crippen LogP contribution in [0.4, 0.5) is 10.5 Å². The fourth-order valence-electron chi connectivity index (χ4n) is 3.93. The molecule has 3 aromatic rings. The van der Waals surface area contributed by atoms with Crippen molar-refractivity contribution >= 4 is 40.3 Å². The van der Waals surface area contributed by atoms with Gasteiger partial charge < -0.3 is 14.4 Å². The summed E-state index contributed by atoms with van der Waals surface area (Å²) in [6.45, 7) is 9.12. The number of fused-ring (bicyclic) bond motifs is 1. The molecule has 1 heterocycles. The summed E-state index contributed by atoms with van der Waals surface area (Å²) in [5.74, 6) is -1.27. The van der Waals surface area contributed by atoms with E-state index in [0.717, 1.165) is 0 Å². The molecule has 0 aliphatic carbocycles. The molecule has 164 valence electrons. The fourth-order valence-corrected chi connectivity index (χ4v) is 4.05. The van der Waals surface area contributed by atoms with E-state index in [-0.39, 0.29) is 5.92 Å². The minimum Gasteiger partial charge on any atom is -0.479 e. The number of benzene rings is 2. The number of aromatic nitrogens is 1. The number of carboxylic acid groups (broad SMARTS) is 1. The van der Waals surface area contributed by atoms with Crippen molar-refractivity contribution in [1.29, 1.82) is 0 Å². The highest BCUT2D eigenvalue weighted by atomic mass is 35.5. The summed E-state index contributed by atoms with van der Waals surface area (Å²) in [7, 11) is 0. The number of carboxylic acids is 1. The Bertz CT molecular complexity index is 1110. The van der Waals surface area contributed by atoms with Gasteiger partial charge in [-0.15, -0.1) is 0 Å². The summed E-state index contributed by atoms with van der Waals surface area (Å²) in [6.07, 6.45) is 1.17. The van der Waals surface area contributed by atoms with Crippen LogP contribution in [0.5, 0.6) is 0 Å². The molecule has 1 aromatic heterocycles. The molecule has 0 fully saturated rings. The van der Waals surface area contributed by atoms with E-state index in [9.17, 15) is 14.7 Å². The van der Waals surface area contributed by atoms with E-state index in [1.807, 2.05) is 19.9 Å². The van der Waals surface area contributed by atoms with Gasteiger partial charge in [0.15, 0.2) is 5.54 Å². The monoisotopic (exact) mass is 442 g/mol. The number of hydrogen-bond acceptors (Lipinski definition) is 3. The number of rotatable bonds is 5. The van der Waals surface area contributed by atoms with Crippen LogP contribution in [0.3, 0.4) is 0 Å². The molecular formula is C24H27ClN2O4. The van der Waals surface area contributed by atoms with E-state index >= 15 is 0 Å². The number of aliphatic carboxylic acids is 1. The van der Waals surface area contributed by atoms with Gasteiger partial charge in [-0.2, -0.15) is 0 Å². The predicted octanol–water partition coefficient (Wildman–Crippen LogP) is 6.13. The van der Waals surface area contributed by atoms with E-state index in [1.165, 1.54) is 0 Å².